The van der Waals surface area contributed by atoms with Gasteiger partial charge in [-0.1, -0.05) is 12.1 Å². The number of benzene rings is 1. The minimum absolute atomic E-state index is 0.361. The second-order valence-electron chi connectivity index (χ2n) is 6.07. The van der Waals surface area contributed by atoms with Crippen LogP contribution >= 0.6 is 0 Å². The first kappa shape index (κ1) is 16.1. The van der Waals surface area contributed by atoms with Crippen molar-refractivity contribution < 1.29 is 13.2 Å². The van der Waals surface area contributed by atoms with Gasteiger partial charge in [-0.05, 0) is 45.0 Å². The average Bonchev–Trinajstić information content (AvgIpc) is 2.84. The van der Waals surface area contributed by atoms with E-state index in [9.17, 15) is 13.2 Å². The number of hydrogen-bond donors (Lipinski definition) is 1. The maximum Gasteiger partial charge on any atom is 0.416 e. The molecule has 0 bridgehead atoms. The third kappa shape index (κ3) is 3.13. The maximum atomic E-state index is 12.9. The van der Waals surface area contributed by atoms with Crippen molar-refractivity contribution in [3.05, 3.63) is 41.3 Å². The molecule has 1 saturated heterocycles. The number of alkyl halides is 3. The molecule has 124 valence electrons. The van der Waals surface area contributed by atoms with Crippen LogP contribution in [0.1, 0.15) is 35.8 Å². The lowest BCUT2D eigenvalue weighted by Gasteiger charge is -2.22. The summed E-state index contributed by atoms with van der Waals surface area (Å²) in [4.78, 5) is 4.69. The van der Waals surface area contributed by atoms with Crippen LogP contribution in [0, 0.1) is 6.92 Å². The lowest BCUT2D eigenvalue weighted by Crippen LogP contribution is -2.27. The second kappa shape index (κ2) is 6.00. The van der Waals surface area contributed by atoms with Crippen LogP contribution in [0.3, 0.4) is 0 Å². The number of rotatable bonds is 2. The van der Waals surface area contributed by atoms with E-state index >= 15 is 0 Å². The number of piperidine rings is 1. The van der Waals surface area contributed by atoms with Crippen LogP contribution in [0.25, 0.3) is 11.3 Å². The van der Waals surface area contributed by atoms with Crippen molar-refractivity contribution in [2.45, 2.75) is 31.9 Å². The quantitative estimate of drug-likeness (QED) is 0.909. The molecule has 0 spiro atoms. The Labute approximate surface area is 133 Å². The monoisotopic (exact) mass is 323 g/mol. The van der Waals surface area contributed by atoms with Crippen molar-refractivity contribution in [3.63, 3.8) is 0 Å². The van der Waals surface area contributed by atoms with Crippen molar-refractivity contribution in [1.82, 2.24) is 14.9 Å². The summed E-state index contributed by atoms with van der Waals surface area (Å²) >= 11 is 0. The molecule has 0 radical (unpaired) electrons. The molecule has 0 saturated carbocycles. The van der Waals surface area contributed by atoms with Crippen LogP contribution in [-0.4, -0.2) is 22.6 Å². The molecule has 0 unspecified atom stereocenters. The molecule has 1 aliphatic rings. The summed E-state index contributed by atoms with van der Waals surface area (Å²) in [6.07, 6.45) is -2.32. The first-order valence-electron chi connectivity index (χ1n) is 7.79. The summed E-state index contributed by atoms with van der Waals surface area (Å²) in [6, 6.07) is 5.41. The van der Waals surface area contributed by atoms with E-state index in [1.807, 2.05) is 18.5 Å². The zero-order valence-electron chi connectivity index (χ0n) is 13.2. The molecule has 1 N–H and O–H groups in total. The van der Waals surface area contributed by atoms with Crippen molar-refractivity contribution in [2.75, 3.05) is 13.1 Å². The molecular weight excluding hydrogens is 303 g/mol. The van der Waals surface area contributed by atoms with E-state index < -0.39 is 11.7 Å². The molecule has 1 aromatic heterocycles. The van der Waals surface area contributed by atoms with Crippen LogP contribution in [-0.2, 0) is 13.2 Å². The van der Waals surface area contributed by atoms with Gasteiger partial charge in [0.2, 0.25) is 0 Å². The van der Waals surface area contributed by atoms with Gasteiger partial charge in [-0.25, -0.2) is 4.98 Å². The minimum Gasteiger partial charge on any atom is -0.335 e. The van der Waals surface area contributed by atoms with E-state index in [0.717, 1.165) is 43.5 Å². The van der Waals surface area contributed by atoms with Gasteiger partial charge in [-0.3, -0.25) is 0 Å². The molecule has 6 heteroatoms. The van der Waals surface area contributed by atoms with E-state index in [0.29, 0.717) is 17.2 Å². The van der Waals surface area contributed by atoms with Gasteiger partial charge in [-0.2, -0.15) is 13.2 Å². The predicted molar refractivity (Wildman–Crippen MR) is 83.2 cm³/mol. The normalized spacial score (nSPS) is 16.7. The molecule has 3 rings (SSSR count). The van der Waals surface area contributed by atoms with Crippen molar-refractivity contribution in [3.8, 4) is 11.3 Å². The maximum absolute atomic E-state index is 12.9. The number of imidazole rings is 1. The number of hydrogen-bond acceptors (Lipinski definition) is 2. The molecule has 0 amide bonds. The standard InChI is InChI=1S/C17H20F3N3/c1-11-15(13-4-3-5-14(10-13)17(18,19)20)22-16(23(11)2)12-6-8-21-9-7-12/h3-5,10,12,21H,6-9H2,1-2H3. The Morgan fingerprint density at radius 3 is 2.57 bits per heavy atom. The molecule has 2 heterocycles. The molecule has 23 heavy (non-hydrogen) atoms. The van der Waals surface area contributed by atoms with Gasteiger partial charge < -0.3 is 9.88 Å². The van der Waals surface area contributed by atoms with Crippen LogP contribution in [0.5, 0.6) is 0 Å². The summed E-state index contributed by atoms with van der Waals surface area (Å²) in [5, 5.41) is 3.32. The first-order chi connectivity index (χ1) is 10.9. The van der Waals surface area contributed by atoms with Gasteiger partial charge in [0.15, 0.2) is 0 Å². The van der Waals surface area contributed by atoms with Gasteiger partial charge in [0.05, 0.1) is 11.3 Å². The second-order valence-corrected chi connectivity index (χ2v) is 6.07. The van der Waals surface area contributed by atoms with E-state index in [-0.39, 0.29) is 0 Å². The van der Waals surface area contributed by atoms with Gasteiger partial charge in [0, 0.05) is 24.2 Å². The van der Waals surface area contributed by atoms with Gasteiger partial charge in [-0.15, -0.1) is 0 Å². The lowest BCUT2D eigenvalue weighted by molar-refractivity contribution is -0.137. The van der Waals surface area contributed by atoms with Crippen molar-refractivity contribution >= 4 is 0 Å². The fourth-order valence-electron chi connectivity index (χ4n) is 3.16. The molecular formula is C17H20F3N3. The molecule has 2 aromatic rings. The molecule has 3 nitrogen and oxygen atoms in total. The summed E-state index contributed by atoms with van der Waals surface area (Å²) in [7, 11) is 1.94. The fourth-order valence-corrected chi connectivity index (χ4v) is 3.16. The highest BCUT2D eigenvalue weighted by atomic mass is 19.4. The predicted octanol–water partition coefficient (Wildman–Crippen LogP) is 3.88. The van der Waals surface area contributed by atoms with E-state index in [1.54, 1.807) is 6.07 Å². The number of halogens is 3. The summed E-state index contributed by atoms with van der Waals surface area (Å²) in [6.45, 7) is 3.82. The third-order valence-electron chi connectivity index (χ3n) is 4.58. The van der Waals surface area contributed by atoms with E-state index in [2.05, 4.69) is 5.32 Å². The molecule has 0 atom stereocenters. The number of nitrogens with one attached hydrogen (secondary N) is 1. The Morgan fingerprint density at radius 1 is 1.22 bits per heavy atom. The molecule has 1 aromatic carbocycles. The number of nitrogens with zero attached hydrogens (tertiary/aromatic N) is 2. The Kier molecular flexibility index (Phi) is 4.19. The van der Waals surface area contributed by atoms with E-state index in [1.165, 1.54) is 12.1 Å². The van der Waals surface area contributed by atoms with E-state index in [4.69, 9.17) is 4.98 Å². The van der Waals surface area contributed by atoms with Gasteiger partial charge in [0.25, 0.3) is 0 Å². The van der Waals surface area contributed by atoms with Crippen LogP contribution in [0.4, 0.5) is 13.2 Å². The Morgan fingerprint density at radius 2 is 1.91 bits per heavy atom. The summed E-state index contributed by atoms with van der Waals surface area (Å²) in [5.41, 5.74) is 1.43. The zero-order valence-corrected chi connectivity index (χ0v) is 13.2. The van der Waals surface area contributed by atoms with Crippen LogP contribution < -0.4 is 5.32 Å². The molecule has 0 aliphatic carbocycles. The lowest BCUT2D eigenvalue weighted by atomic mass is 9.97. The fraction of sp³-hybridized carbons (Fsp3) is 0.471. The topological polar surface area (TPSA) is 29.9 Å². The Balaban J connectivity index is 2.00. The van der Waals surface area contributed by atoms with Crippen molar-refractivity contribution in [1.29, 1.82) is 0 Å². The highest BCUT2D eigenvalue weighted by Gasteiger charge is 2.31. The van der Waals surface area contributed by atoms with Crippen molar-refractivity contribution in [2.24, 2.45) is 7.05 Å². The van der Waals surface area contributed by atoms with Crippen LogP contribution in [0.2, 0.25) is 0 Å². The summed E-state index contributed by atoms with van der Waals surface area (Å²) in [5.74, 6) is 1.33. The SMILES string of the molecule is Cc1c(-c2cccc(C(F)(F)F)c2)nc(C2CCNCC2)n1C. The zero-order chi connectivity index (χ0) is 16.6. The highest BCUT2D eigenvalue weighted by molar-refractivity contribution is 5.63. The smallest absolute Gasteiger partial charge is 0.335 e. The van der Waals surface area contributed by atoms with Crippen LogP contribution in [0.15, 0.2) is 24.3 Å². The molecule has 1 aliphatic heterocycles. The largest absolute Gasteiger partial charge is 0.416 e. The highest BCUT2D eigenvalue weighted by Crippen LogP contribution is 2.34. The minimum atomic E-state index is -4.34. The Bertz CT molecular complexity index is 698. The first-order valence-corrected chi connectivity index (χ1v) is 7.79. The average molecular weight is 323 g/mol. The third-order valence-corrected chi connectivity index (χ3v) is 4.58. The Hall–Kier alpha value is -1.82. The van der Waals surface area contributed by atoms with Gasteiger partial charge in [0.1, 0.15) is 5.82 Å². The molecule has 1 fully saturated rings. The summed E-state index contributed by atoms with van der Waals surface area (Å²) < 4.78 is 40.8. The van der Waals surface area contributed by atoms with Gasteiger partial charge >= 0.3 is 6.18 Å². The number of aromatic nitrogens is 2.